The summed E-state index contributed by atoms with van der Waals surface area (Å²) in [6.45, 7) is 0.206. The number of aromatic nitrogens is 2. The summed E-state index contributed by atoms with van der Waals surface area (Å²) in [5.41, 5.74) is 1.38. The molecule has 0 saturated heterocycles. The van der Waals surface area contributed by atoms with Gasteiger partial charge in [-0.2, -0.15) is 5.10 Å². The second kappa shape index (κ2) is 6.13. The number of hydrogen-bond donors (Lipinski definition) is 1. The molecule has 2 aromatic rings. The molecule has 1 N–H and O–H groups in total. The molecule has 20 heavy (non-hydrogen) atoms. The van der Waals surface area contributed by atoms with E-state index < -0.39 is 10.0 Å². The number of halogens is 2. The molecule has 0 aliphatic rings. The van der Waals surface area contributed by atoms with E-state index in [1.807, 2.05) is 0 Å². The molecule has 0 aliphatic heterocycles. The van der Waals surface area contributed by atoms with Crippen LogP contribution in [-0.4, -0.2) is 18.2 Å². The third-order valence-electron chi connectivity index (χ3n) is 2.60. The minimum absolute atomic E-state index is 0.149. The van der Waals surface area contributed by atoms with Gasteiger partial charge in [0.1, 0.15) is 0 Å². The molecule has 1 aromatic heterocycles. The first-order chi connectivity index (χ1) is 9.35. The minimum Gasteiger partial charge on any atom is -0.275 e. The Morgan fingerprint density at radius 2 is 2.00 bits per heavy atom. The number of rotatable bonds is 5. The molecule has 0 spiro atoms. The molecule has 0 bridgehead atoms. The largest absolute Gasteiger partial charge is 0.275 e. The van der Waals surface area contributed by atoms with E-state index in [0.29, 0.717) is 15.6 Å². The maximum atomic E-state index is 12.0. The second-order valence-corrected chi connectivity index (χ2v) is 6.97. The maximum absolute atomic E-state index is 12.0. The Morgan fingerprint density at radius 1 is 1.25 bits per heavy atom. The van der Waals surface area contributed by atoms with Crippen LogP contribution in [0, 0.1) is 0 Å². The van der Waals surface area contributed by atoms with Gasteiger partial charge in [0.2, 0.25) is 10.0 Å². The van der Waals surface area contributed by atoms with Crippen molar-refractivity contribution in [1.82, 2.24) is 14.5 Å². The van der Waals surface area contributed by atoms with Gasteiger partial charge in [0, 0.05) is 25.4 Å². The summed E-state index contributed by atoms with van der Waals surface area (Å²) in [5.74, 6) is -0.149. The molecule has 5 nitrogen and oxygen atoms in total. The smallest absolute Gasteiger partial charge is 0.216 e. The predicted molar refractivity (Wildman–Crippen MR) is 79.1 cm³/mol. The molecule has 0 aliphatic carbocycles. The van der Waals surface area contributed by atoms with Crippen LogP contribution in [0.5, 0.6) is 0 Å². The third kappa shape index (κ3) is 4.21. The fraction of sp³-hybridized carbons (Fsp3) is 0.250. The first-order valence-electron chi connectivity index (χ1n) is 5.74. The van der Waals surface area contributed by atoms with Gasteiger partial charge in [0.25, 0.3) is 0 Å². The number of nitrogens with zero attached hydrogens (tertiary/aromatic N) is 2. The minimum atomic E-state index is -3.44. The molecule has 108 valence electrons. The summed E-state index contributed by atoms with van der Waals surface area (Å²) in [7, 11) is -1.67. The standard InChI is InChI=1S/C12H13Cl2N3O2S/c1-17-7-10(5-15-17)6-16-20(18,19)8-9-2-3-11(13)12(14)4-9/h2-5,7,16H,6,8H2,1H3. The summed E-state index contributed by atoms with van der Waals surface area (Å²) in [6.07, 6.45) is 3.36. The van der Waals surface area contributed by atoms with Gasteiger partial charge >= 0.3 is 0 Å². The quantitative estimate of drug-likeness (QED) is 0.913. The summed E-state index contributed by atoms with van der Waals surface area (Å²) < 4.78 is 28.1. The summed E-state index contributed by atoms with van der Waals surface area (Å²) in [6, 6.07) is 4.76. The Hall–Kier alpha value is -1.08. The van der Waals surface area contributed by atoms with E-state index in [2.05, 4.69) is 9.82 Å². The fourth-order valence-corrected chi connectivity index (χ4v) is 3.08. The number of benzene rings is 1. The van der Waals surface area contributed by atoms with Crippen molar-refractivity contribution in [2.24, 2.45) is 7.05 Å². The Balaban J connectivity index is 2.01. The molecule has 0 saturated carbocycles. The highest BCUT2D eigenvalue weighted by atomic mass is 35.5. The van der Waals surface area contributed by atoms with E-state index in [0.717, 1.165) is 5.56 Å². The van der Waals surface area contributed by atoms with Crippen LogP contribution in [0.15, 0.2) is 30.6 Å². The molecule has 1 aromatic carbocycles. The van der Waals surface area contributed by atoms with Crippen molar-refractivity contribution in [3.05, 3.63) is 51.8 Å². The van der Waals surface area contributed by atoms with Crippen molar-refractivity contribution in [2.75, 3.05) is 0 Å². The molecule has 0 atom stereocenters. The average Bonchev–Trinajstić information content (AvgIpc) is 2.77. The Morgan fingerprint density at radius 3 is 2.60 bits per heavy atom. The van der Waals surface area contributed by atoms with Crippen LogP contribution in [0.2, 0.25) is 10.0 Å². The van der Waals surface area contributed by atoms with Gasteiger partial charge in [-0.05, 0) is 17.7 Å². The highest BCUT2D eigenvalue weighted by Crippen LogP contribution is 2.23. The lowest BCUT2D eigenvalue weighted by atomic mass is 10.2. The number of hydrogen-bond acceptors (Lipinski definition) is 3. The maximum Gasteiger partial charge on any atom is 0.216 e. The van der Waals surface area contributed by atoms with Gasteiger partial charge < -0.3 is 0 Å². The topological polar surface area (TPSA) is 64.0 Å². The number of sulfonamides is 1. The van der Waals surface area contributed by atoms with Gasteiger partial charge in [0.15, 0.2) is 0 Å². The van der Waals surface area contributed by atoms with Gasteiger partial charge in [-0.15, -0.1) is 0 Å². The molecule has 0 amide bonds. The van der Waals surface area contributed by atoms with Gasteiger partial charge in [0.05, 0.1) is 22.0 Å². The zero-order valence-electron chi connectivity index (χ0n) is 10.7. The zero-order valence-corrected chi connectivity index (χ0v) is 13.0. The van der Waals surface area contributed by atoms with Crippen LogP contribution in [0.25, 0.3) is 0 Å². The molecule has 1 heterocycles. The van der Waals surface area contributed by atoms with Crippen molar-refractivity contribution in [1.29, 1.82) is 0 Å². The SMILES string of the molecule is Cn1cc(CNS(=O)(=O)Cc2ccc(Cl)c(Cl)c2)cn1. The van der Waals surface area contributed by atoms with Gasteiger partial charge in [-0.25, -0.2) is 13.1 Å². The number of aryl methyl sites for hydroxylation is 1. The van der Waals surface area contributed by atoms with Crippen LogP contribution in [0.3, 0.4) is 0 Å². The van der Waals surface area contributed by atoms with E-state index in [4.69, 9.17) is 23.2 Å². The third-order valence-corrected chi connectivity index (χ3v) is 4.63. The monoisotopic (exact) mass is 333 g/mol. The van der Waals surface area contributed by atoms with Crippen LogP contribution in [0.4, 0.5) is 0 Å². The molecule has 8 heteroatoms. The van der Waals surface area contributed by atoms with Crippen LogP contribution < -0.4 is 4.72 Å². The van der Waals surface area contributed by atoms with Gasteiger partial charge in [-0.3, -0.25) is 4.68 Å². The molecule has 0 unspecified atom stereocenters. The summed E-state index contributed by atoms with van der Waals surface area (Å²) >= 11 is 11.6. The first-order valence-corrected chi connectivity index (χ1v) is 8.15. The molecule has 0 radical (unpaired) electrons. The first kappa shape index (κ1) is 15.3. The Bertz CT molecular complexity index is 713. The van der Waals surface area contributed by atoms with Crippen LogP contribution >= 0.6 is 23.2 Å². The molecular weight excluding hydrogens is 321 g/mol. The van der Waals surface area contributed by atoms with Crippen LogP contribution in [-0.2, 0) is 29.4 Å². The highest BCUT2D eigenvalue weighted by molar-refractivity contribution is 7.88. The predicted octanol–water partition coefficient (Wildman–Crippen LogP) is 2.35. The van der Waals surface area contributed by atoms with Crippen molar-refractivity contribution < 1.29 is 8.42 Å². The molecule has 0 fully saturated rings. The normalized spacial score (nSPS) is 11.8. The van der Waals surface area contributed by atoms with E-state index in [9.17, 15) is 8.42 Å². The number of nitrogens with one attached hydrogen (secondary N) is 1. The summed E-state index contributed by atoms with van der Waals surface area (Å²) in [4.78, 5) is 0. The lowest BCUT2D eigenvalue weighted by molar-refractivity contribution is 0.580. The second-order valence-electron chi connectivity index (χ2n) is 4.35. The molecule has 2 rings (SSSR count). The molecular formula is C12H13Cl2N3O2S. The van der Waals surface area contributed by atoms with E-state index >= 15 is 0 Å². The Kier molecular flexibility index (Phi) is 4.70. The van der Waals surface area contributed by atoms with Gasteiger partial charge in [-0.1, -0.05) is 29.3 Å². The lowest BCUT2D eigenvalue weighted by Gasteiger charge is -2.06. The van der Waals surface area contributed by atoms with E-state index in [1.165, 1.54) is 0 Å². The van der Waals surface area contributed by atoms with E-state index in [-0.39, 0.29) is 12.3 Å². The van der Waals surface area contributed by atoms with Crippen molar-refractivity contribution >= 4 is 33.2 Å². The average molecular weight is 334 g/mol. The summed E-state index contributed by atoms with van der Waals surface area (Å²) in [5, 5.41) is 4.71. The van der Waals surface area contributed by atoms with Crippen LogP contribution in [0.1, 0.15) is 11.1 Å². The van der Waals surface area contributed by atoms with E-state index in [1.54, 1.807) is 42.3 Å². The Labute approximate surface area is 127 Å². The highest BCUT2D eigenvalue weighted by Gasteiger charge is 2.12. The zero-order chi connectivity index (χ0) is 14.8. The van der Waals surface area contributed by atoms with Crippen molar-refractivity contribution in [3.63, 3.8) is 0 Å². The van der Waals surface area contributed by atoms with Crippen molar-refractivity contribution in [3.8, 4) is 0 Å². The fourth-order valence-electron chi connectivity index (χ4n) is 1.66. The van der Waals surface area contributed by atoms with Crippen molar-refractivity contribution in [2.45, 2.75) is 12.3 Å². The lowest BCUT2D eigenvalue weighted by Crippen LogP contribution is -2.24.